The fourth-order valence-electron chi connectivity index (χ4n) is 0.682. The second-order valence-electron chi connectivity index (χ2n) is 1.90. The molecule has 1 atom stereocenters. The van der Waals surface area contributed by atoms with Gasteiger partial charge < -0.3 is 9.80 Å². The van der Waals surface area contributed by atoms with Crippen molar-refractivity contribution in [3.8, 4) is 0 Å². The molecule has 1 aliphatic rings. The number of hydrogen-bond acceptors (Lipinski definition) is 2. The van der Waals surface area contributed by atoms with Crippen molar-refractivity contribution in [1.29, 1.82) is 0 Å². The maximum absolute atomic E-state index is 5.85. The van der Waals surface area contributed by atoms with Gasteiger partial charge in [0.15, 0.2) is 5.62 Å². The Balaban J connectivity index is 2.61. The predicted molar refractivity (Wildman–Crippen MR) is 38.6 cm³/mol. The molecule has 1 heterocycles. The lowest BCUT2D eigenvalue weighted by Gasteiger charge is -2.20. The second-order valence-corrected chi connectivity index (χ2v) is 2.29. The number of nitrogens with zero attached hydrogens (tertiary/aromatic N) is 2. The van der Waals surface area contributed by atoms with Crippen LogP contribution in [0, 0.1) is 0 Å². The monoisotopic (exact) mass is 144 g/mol. The molecular formula is C6H9ClN2. The van der Waals surface area contributed by atoms with Crippen LogP contribution in [0.2, 0.25) is 0 Å². The van der Waals surface area contributed by atoms with Crippen molar-refractivity contribution in [1.82, 2.24) is 9.80 Å². The van der Waals surface area contributed by atoms with Gasteiger partial charge in [-0.3, -0.25) is 0 Å². The van der Waals surface area contributed by atoms with Gasteiger partial charge in [0, 0.05) is 19.4 Å². The summed E-state index contributed by atoms with van der Waals surface area (Å²) in [7, 11) is 1.91. The molecule has 0 aromatic rings. The fourth-order valence-corrected chi connectivity index (χ4v) is 0.892. The standard InChI is InChI=1S/C6H9ClN2/c1-3-9-5-4-8(2)6(9)7/h3-6H,1H2,2H3. The first kappa shape index (κ1) is 6.49. The topological polar surface area (TPSA) is 6.48 Å². The summed E-state index contributed by atoms with van der Waals surface area (Å²) >= 11 is 5.85. The summed E-state index contributed by atoms with van der Waals surface area (Å²) < 4.78 is 0. The lowest BCUT2D eigenvalue weighted by atomic mass is 10.8. The highest BCUT2D eigenvalue weighted by molar-refractivity contribution is 6.20. The highest BCUT2D eigenvalue weighted by Gasteiger charge is 2.17. The van der Waals surface area contributed by atoms with Crippen LogP contribution in [0.15, 0.2) is 25.2 Å². The van der Waals surface area contributed by atoms with Gasteiger partial charge in [0.25, 0.3) is 0 Å². The second kappa shape index (κ2) is 2.31. The van der Waals surface area contributed by atoms with E-state index in [0.29, 0.717) is 0 Å². The molecule has 50 valence electrons. The molecule has 0 aliphatic carbocycles. The molecule has 0 bridgehead atoms. The molecule has 1 unspecified atom stereocenters. The van der Waals surface area contributed by atoms with Crippen LogP contribution >= 0.6 is 11.6 Å². The lowest BCUT2D eigenvalue weighted by Crippen LogP contribution is -2.27. The molecular weight excluding hydrogens is 136 g/mol. The first-order valence-corrected chi connectivity index (χ1v) is 3.13. The molecule has 0 saturated heterocycles. The van der Waals surface area contributed by atoms with E-state index < -0.39 is 0 Å². The molecule has 0 aromatic carbocycles. The van der Waals surface area contributed by atoms with Crippen LogP contribution in [0.3, 0.4) is 0 Å². The molecule has 0 radical (unpaired) electrons. The molecule has 3 heteroatoms. The van der Waals surface area contributed by atoms with Gasteiger partial charge in [-0.05, 0) is 6.20 Å². The van der Waals surface area contributed by atoms with Gasteiger partial charge in [0.1, 0.15) is 0 Å². The van der Waals surface area contributed by atoms with Crippen molar-refractivity contribution in [2.75, 3.05) is 7.05 Å². The maximum atomic E-state index is 5.85. The van der Waals surface area contributed by atoms with E-state index in [0.717, 1.165) is 0 Å². The van der Waals surface area contributed by atoms with Crippen LogP contribution in [0.1, 0.15) is 0 Å². The smallest absolute Gasteiger partial charge is 0.182 e. The average Bonchev–Trinajstić information content (AvgIpc) is 2.15. The average molecular weight is 145 g/mol. The van der Waals surface area contributed by atoms with E-state index in [9.17, 15) is 0 Å². The van der Waals surface area contributed by atoms with Crippen molar-refractivity contribution < 1.29 is 0 Å². The zero-order chi connectivity index (χ0) is 6.85. The SMILES string of the molecule is C=CN1C=CN(C)C1Cl. The molecule has 0 N–H and O–H groups in total. The summed E-state index contributed by atoms with van der Waals surface area (Å²) in [5.74, 6) is 0. The van der Waals surface area contributed by atoms with Gasteiger partial charge in [0.05, 0.1) is 0 Å². The lowest BCUT2D eigenvalue weighted by molar-refractivity contribution is 0.317. The number of alkyl halides is 1. The maximum Gasteiger partial charge on any atom is 0.182 e. The van der Waals surface area contributed by atoms with Gasteiger partial charge in [-0.1, -0.05) is 18.2 Å². The van der Waals surface area contributed by atoms with Gasteiger partial charge >= 0.3 is 0 Å². The van der Waals surface area contributed by atoms with E-state index in [1.807, 2.05) is 29.2 Å². The quantitative estimate of drug-likeness (QED) is 0.405. The molecule has 1 aliphatic heterocycles. The van der Waals surface area contributed by atoms with Crippen molar-refractivity contribution in [2.45, 2.75) is 5.62 Å². The van der Waals surface area contributed by atoms with Crippen molar-refractivity contribution in [3.63, 3.8) is 0 Å². The van der Waals surface area contributed by atoms with Crippen molar-refractivity contribution in [2.24, 2.45) is 0 Å². The van der Waals surface area contributed by atoms with Crippen LogP contribution in [0.5, 0.6) is 0 Å². The molecule has 0 spiro atoms. The van der Waals surface area contributed by atoms with Gasteiger partial charge in [0.2, 0.25) is 0 Å². The Kier molecular flexibility index (Phi) is 1.67. The Hall–Kier alpha value is -0.630. The highest BCUT2D eigenvalue weighted by Crippen LogP contribution is 2.16. The minimum Gasteiger partial charge on any atom is -0.346 e. The third kappa shape index (κ3) is 1.03. The van der Waals surface area contributed by atoms with E-state index in [-0.39, 0.29) is 5.62 Å². The molecule has 0 fully saturated rings. The third-order valence-corrected chi connectivity index (χ3v) is 1.80. The Morgan fingerprint density at radius 3 is 2.56 bits per heavy atom. The van der Waals surface area contributed by atoms with Gasteiger partial charge in [-0.15, -0.1) is 0 Å². The third-order valence-electron chi connectivity index (χ3n) is 1.27. The highest BCUT2D eigenvalue weighted by atomic mass is 35.5. The Morgan fingerprint density at radius 1 is 1.67 bits per heavy atom. The van der Waals surface area contributed by atoms with Gasteiger partial charge in [-0.25, -0.2) is 0 Å². The van der Waals surface area contributed by atoms with E-state index >= 15 is 0 Å². The van der Waals surface area contributed by atoms with Crippen LogP contribution < -0.4 is 0 Å². The van der Waals surface area contributed by atoms with Crippen LogP contribution in [-0.4, -0.2) is 22.5 Å². The predicted octanol–water partition coefficient (Wildman–Crippen LogP) is 1.37. The zero-order valence-corrected chi connectivity index (χ0v) is 6.04. The molecule has 9 heavy (non-hydrogen) atoms. The summed E-state index contributed by atoms with van der Waals surface area (Å²) in [4.78, 5) is 3.71. The first-order chi connectivity index (χ1) is 4.25. The minimum atomic E-state index is -0.0949. The summed E-state index contributed by atoms with van der Waals surface area (Å²) in [6.07, 6.45) is 5.47. The summed E-state index contributed by atoms with van der Waals surface area (Å²) in [6, 6.07) is 0. The number of halogens is 1. The van der Waals surface area contributed by atoms with E-state index in [2.05, 4.69) is 6.58 Å². The Bertz CT molecular complexity index is 144. The summed E-state index contributed by atoms with van der Waals surface area (Å²) in [6.45, 7) is 3.59. The van der Waals surface area contributed by atoms with Gasteiger partial charge in [-0.2, -0.15) is 0 Å². The normalized spacial score (nSPS) is 25.3. The first-order valence-electron chi connectivity index (χ1n) is 2.70. The summed E-state index contributed by atoms with van der Waals surface area (Å²) in [5, 5.41) is 0. The van der Waals surface area contributed by atoms with E-state index in [1.165, 1.54) is 0 Å². The Morgan fingerprint density at radius 2 is 2.33 bits per heavy atom. The van der Waals surface area contributed by atoms with Crippen molar-refractivity contribution >= 4 is 11.6 Å². The molecule has 2 nitrogen and oxygen atoms in total. The summed E-state index contributed by atoms with van der Waals surface area (Å²) in [5.41, 5.74) is -0.0949. The largest absolute Gasteiger partial charge is 0.346 e. The van der Waals surface area contributed by atoms with E-state index in [1.54, 1.807) is 6.20 Å². The molecule has 0 amide bonds. The fraction of sp³-hybridized carbons (Fsp3) is 0.333. The van der Waals surface area contributed by atoms with Crippen LogP contribution in [0.4, 0.5) is 0 Å². The van der Waals surface area contributed by atoms with Crippen molar-refractivity contribution in [3.05, 3.63) is 25.2 Å². The number of hydrogen-bond donors (Lipinski definition) is 0. The van der Waals surface area contributed by atoms with Crippen LogP contribution in [-0.2, 0) is 0 Å². The minimum absolute atomic E-state index is 0.0949. The zero-order valence-electron chi connectivity index (χ0n) is 5.29. The molecule has 0 saturated carbocycles. The molecule has 1 rings (SSSR count). The Labute approximate surface area is 60.0 Å². The van der Waals surface area contributed by atoms with Crippen LogP contribution in [0.25, 0.3) is 0 Å². The number of rotatable bonds is 1. The molecule has 0 aromatic heterocycles. The van der Waals surface area contributed by atoms with E-state index in [4.69, 9.17) is 11.6 Å².